The summed E-state index contributed by atoms with van der Waals surface area (Å²) in [6, 6.07) is 0.441. The van der Waals surface area contributed by atoms with Crippen molar-refractivity contribution in [1.82, 2.24) is 16.0 Å². The van der Waals surface area contributed by atoms with Crippen molar-refractivity contribution in [3.05, 3.63) is 0 Å². The van der Waals surface area contributed by atoms with Crippen LogP contribution in [-0.2, 0) is 9.53 Å². The largest absolute Gasteiger partial charge is 0.388 e. The number of hydrogen-bond donors (Lipinski definition) is 4. The molecule has 3 rings (SSSR count). The smallest absolute Gasteiger partial charge is 0.315 e. The molecule has 8 heteroatoms. The van der Waals surface area contributed by atoms with Crippen molar-refractivity contribution in [2.24, 2.45) is 0 Å². The number of hydrogen-bond acceptors (Lipinski definition) is 5. The van der Waals surface area contributed by atoms with E-state index in [2.05, 4.69) is 16.0 Å². The molecule has 0 radical (unpaired) electrons. The fraction of sp³-hybridized carbons (Fsp3) is 0.875. The number of fused-ring (bicyclic) bond motifs is 1. The fourth-order valence-corrected chi connectivity index (χ4v) is 5.10. The fourth-order valence-electron chi connectivity index (χ4n) is 3.55. The zero-order valence-electron chi connectivity index (χ0n) is 13.9. The number of nitrogens with one attached hydrogen (secondary N) is 3. The molecule has 3 aliphatic heterocycles. The number of ether oxygens (including phenoxy) is 1. The monoisotopic (exact) mass is 357 g/mol. The van der Waals surface area contributed by atoms with Crippen molar-refractivity contribution in [2.75, 3.05) is 25.5 Å². The number of thioether (sulfide) groups is 1. The van der Waals surface area contributed by atoms with E-state index in [0.717, 1.165) is 25.0 Å². The lowest BCUT2D eigenvalue weighted by atomic mass is 9.94. The summed E-state index contributed by atoms with van der Waals surface area (Å²) in [5, 5.41) is 19.5. The van der Waals surface area contributed by atoms with E-state index < -0.39 is 5.60 Å². The van der Waals surface area contributed by atoms with E-state index in [0.29, 0.717) is 44.3 Å². The van der Waals surface area contributed by atoms with Gasteiger partial charge in [-0.2, -0.15) is 11.8 Å². The van der Waals surface area contributed by atoms with Crippen LogP contribution in [0.1, 0.15) is 38.5 Å². The minimum Gasteiger partial charge on any atom is -0.388 e. The van der Waals surface area contributed by atoms with Gasteiger partial charge in [0.05, 0.1) is 17.7 Å². The van der Waals surface area contributed by atoms with Crippen LogP contribution in [0.2, 0.25) is 0 Å². The van der Waals surface area contributed by atoms with Crippen LogP contribution >= 0.6 is 11.8 Å². The predicted molar refractivity (Wildman–Crippen MR) is 92.0 cm³/mol. The van der Waals surface area contributed by atoms with E-state index in [1.165, 1.54) is 0 Å². The summed E-state index contributed by atoms with van der Waals surface area (Å²) in [6.07, 6.45) is 4.47. The summed E-state index contributed by atoms with van der Waals surface area (Å²) in [5.41, 5.74) is -0.808. The molecule has 0 saturated carbocycles. The highest BCUT2D eigenvalue weighted by Gasteiger charge is 2.42. The molecule has 0 spiro atoms. The molecule has 3 amide bonds. The van der Waals surface area contributed by atoms with Gasteiger partial charge in [0.15, 0.2) is 0 Å². The van der Waals surface area contributed by atoms with Gasteiger partial charge >= 0.3 is 6.03 Å². The van der Waals surface area contributed by atoms with Crippen molar-refractivity contribution in [3.8, 4) is 0 Å². The summed E-state index contributed by atoms with van der Waals surface area (Å²) in [6.45, 7) is 1.42. The van der Waals surface area contributed by atoms with Gasteiger partial charge < -0.3 is 25.8 Å². The summed E-state index contributed by atoms with van der Waals surface area (Å²) in [7, 11) is 0. The lowest BCUT2D eigenvalue weighted by Gasteiger charge is -2.32. The van der Waals surface area contributed by atoms with Crippen LogP contribution in [0.25, 0.3) is 0 Å². The lowest BCUT2D eigenvalue weighted by molar-refractivity contribution is -0.124. The molecule has 3 atom stereocenters. The Balaban J connectivity index is 1.28. The van der Waals surface area contributed by atoms with Gasteiger partial charge in [-0.05, 0) is 12.8 Å². The molecule has 24 heavy (non-hydrogen) atoms. The van der Waals surface area contributed by atoms with Gasteiger partial charge in [-0.15, -0.1) is 0 Å². The SMILES string of the molecule is O=C(CCCC[C@@H]1SC[C@@H]2NC(=O)N[C@@H]21)NCC1(O)CCOCC1. The molecule has 3 heterocycles. The predicted octanol–water partition coefficient (Wildman–Crippen LogP) is 0.370. The first-order chi connectivity index (χ1) is 11.6. The maximum atomic E-state index is 11.9. The van der Waals surface area contributed by atoms with E-state index in [1.807, 2.05) is 11.8 Å². The molecule has 0 aromatic heterocycles. The van der Waals surface area contributed by atoms with Gasteiger partial charge in [0.1, 0.15) is 0 Å². The van der Waals surface area contributed by atoms with Crippen molar-refractivity contribution in [2.45, 2.75) is 61.5 Å². The maximum absolute atomic E-state index is 11.9. The Kier molecular flexibility index (Phi) is 5.89. The minimum absolute atomic E-state index is 0.00250. The zero-order chi connectivity index (χ0) is 17.0. The normalized spacial score (nSPS) is 31.2. The second-order valence-corrected chi connectivity index (χ2v) is 8.25. The second kappa shape index (κ2) is 7.93. The Morgan fingerprint density at radius 3 is 2.92 bits per heavy atom. The van der Waals surface area contributed by atoms with Gasteiger partial charge in [-0.1, -0.05) is 6.42 Å². The first-order valence-electron chi connectivity index (χ1n) is 8.81. The molecule has 4 N–H and O–H groups in total. The topological polar surface area (TPSA) is 99.7 Å². The molecule has 0 aliphatic carbocycles. The zero-order valence-corrected chi connectivity index (χ0v) is 14.7. The molecule has 3 aliphatic rings. The Morgan fingerprint density at radius 2 is 2.12 bits per heavy atom. The van der Waals surface area contributed by atoms with Crippen LogP contribution in [0, 0.1) is 0 Å². The summed E-state index contributed by atoms with van der Waals surface area (Å²) in [5.74, 6) is 0.972. The molecule has 136 valence electrons. The Bertz CT molecular complexity index is 470. The summed E-state index contributed by atoms with van der Waals surface area (Å²) >= 11 is 1.90. The summed E-state index contributed by atoms with van der Waals surface area (Å²) < 4.78 is 5.23. The molecule has 3 fully saturated rings. The Hall–Kier alpha value is -0.990. The van der Waals surface area contributed by atoms with Crippen LogP contribution in [0.3, 0.4) is 0 Å². The van der Waals surface area contributed by atoms with Gasteiger partial charge in [-0.3, -0.25) is 4.79 Å². The van der Waals surface area contributed by atoms with E-state index in [1.54, 1.807) is 0 Å². The Morgan fingerprint density at radius 1 is 1.33 bits per heavy atom. The number of carbonyl (C=O) groups is 2. The van der Waals surface area contributed by atoms with Gasteiger partial charge in [0.25, 0.3) is 0 Å². The number of unbranched alkanes of at least 4 members (excludes halogenated alkanes) is 1. The number of aliphatic hydroxyl groups is 1. The Labute approximate surface area is 146 Å². The highest BCUT2D eigenvalue weighted by atomic mass is 32.2. The highest BCUT2D eigenvalue weighted by Crippen LogP contribution is 2.33. The first-order valence-corrected chi connectivity index (χ1v) is 9.86. The van der Waals surface area contributed by atoms with E-state index in [9.17, 15) is 14.7 Å². The molecule has 0 bridgehead atoms. The first kappa shape index (κ1) is 17.8. The number of amides is 3. The van der Waals surface area contributed by atoms with Crippen molar-refractivity contribution >= 4 is 23.7 Å². The molecule has 7 nitrogen and oxygen atoms in total. The van der Waals surface area contributed by atoms with Crippen LogP contribution < -0.4 is 16.0 Å². The third-order valence-corrected chi connectivity index (χ3v) is 6.63. The molecule has 3 saturated heterocycles. The van der Waals surface area contributed by atoms with E-state index >= 15 is 0 Å². The molecule has 0 unspecified atom stereocenters. The number of urea groups is 1. The second-order valence-electron chi connectivity index (χ2n) is 6.98. The minimum atomic E-state index is -0.808. The molecule has 0 aromatic carbocycles. The van der Waals surface area contributed by atoms with Crippen LogP contribution in [0.5, 0.6) is 0 Å². The van der Waals surface area contributed by atoms with Crippen molar-refractivity contribution in [1.29, 1.82) is 0 Å². The van der Waals surface area contributed by atoms with Gasteiger partial charge in [-0.25, -0.2) is 4.79 Å². The van der Waals surface area contributed by atoms with Crippen LogP contribution in [-0.4, -0.2) is 65.5 Å². The number of carbonyl (C=O) groups excluding carboxylic acids is 2. The third kappa shape index (κ3) is 4.55. The standard InChI is InChI=1S/C16H27N3O4S/c20-13(17-10-16(22)5-7-23-8-6-16)4-2-1-3-12-14-11(9-24-12)18-15(21)19-14/h11-12,14,22H,1-10H2,(H,17,20)(H2,18,19,21)/t11-,12-,14-/m0/s1. The van der Waals surface area contributed by atoms with Crippen LogP contribution in [0.4, 0.5) is 4.79 Å². The average molecular weight is 357 g/mol. The summed E-state index contributed by atoms with van der Waals surface area (Å²) in [4.78, 5) is 23.3. The van der Waals surface area contributed by atoms with Crippen molar-refractivity contribution < 1.29 is 19.4 Å². The molecular formula is C16H27N3O4S. The molecular weight excluding hydrogens is 330 g/mol. The van der Waals surface area contributed by atoms with E-state index in [4.69, 9.17) is 4.74 Å². The number of rotatable bonds is 7. The maximum Gasteiger partial charge on any atom is 0.315 e. The average Bonchev–Trinajstić information content (AvgIpc) is 3.10. The highest BCUT2D eigenvalue weighted by molar-refractivity contribution is 8.00. The van der Waals surface area contributed by atoms with Crippen LogP contribution in [0.15, 0.2) is 0 Å². The lowest BCUT2D eigenvalue weighted by Crippen LogP contribution is -2.46. The van der Waals surface area contributed by atoms with E-state index in [-0.39, 0.29) is 24.0 Å². The van der Waals surface area contributed by atoms with Crippen molar-refractivity contribution in [3.63, 3.8) is 0 Å². The quantitative estimate of drug-likeness (QED) is 0.390. The van der Waals surface area contributed by atoms with Gasteiger partial charge in [0, 0.05) is 50.0 Å². The third-order valence-electron chi connectivity index (χ3n) is 5.12. The van der Waals surface area contributed by atoms with Gasteiger partial charge in [0.2, 0.25) is 5.91 Å². The molecule has 0 aromatic rings.